The van der Waals surface area contributed by atoms with E-state index < -0.39 is 60.0 Å². The topological polar surface area (TPSA) is 226 Å². The maximum atomic E-state index is 12.8. The number of aliphatic hydroxyl groups is 1. The molecule has 0 unspecified atom stereocenters. The summed E-state index contributed by atoms with van der Waals surface area (Å²) in [5.74, 6) is -2.34. The number of aromatic amines is 1. The second kappa shape index (κ2) is 14.4. The number of amidine groups is 1. The van der Waals surface area contributed by atoms with Crippen molar-refractivity contribution in [3.63, 3.8) is 0 Å². The fraction of sp³-hybridized carbons (Fsp3) is 0.467. The zero-order chi connectivity index (χ0) is 32.7. The molecule has 1 amide bonds. The number of aromatic nitrogens is 1. The monoisotopic (exact) mass is 611 g/mol. The molecular weight excluding hydrogens is 572 g/mol. The molecule has 5 atom stereocenters. The van der Waals surface area contributed by atoms with E-state index in [-0.39, 0.29) is 29.6 Å². The quantitative estimate of drug-likeness (QED) is 0.117. The van der Waals surface area contributed by atoms with Crippen molar-refractivity contribution in [1.82, 2.24) is 4.98 Å². The fourth-order valence-electron chi connectivity index (χ4n) is 4.25. The Labute approximate surface area is 255 Å². The van der Waals surface area contributed by atoms with Crippen molar-refractivity contribution in [3.8, 4) is 6.07 Å². The SMILES string of the molecule is COC(C)(C)C(=O)N=C([NH+]=CN)c1ccc([C@]2(C#N)O[C@H](COC(=O)Cc3ccccc3)[C@@H](OC(=O)[C@@H](N)C(C)C)[C@H]2O)[nH]1. The second-order valence-electron chi connectivity index (χ2n) is 11.0. The molecule has 1 aromatic heterocycles. The molecule has 0 saturated carbocycles. The lowest BCUT2D eigenvalue weighted by Crippen LogP contribution is -2.76. The summed E-state index contributed by atoms with van der Waals surface area (Å²) in [5.41, 5.74) is 9.11. The normalized spacial score (nSPS) is 23.0. The van der Waals surface area contributed by atoms with Gasteiger partial charge in [-0.15, -0.1) is 0 Å². The number of aliphatic imine (C=N–C) groups is 1. The average Bonchev–Trinajstić information content (AvgIpc) is 3.59. The van der Waals surface area contributed by atoms with Crippen LogP contribution in [0.5, 0.6) is 0 Å². The molecule has 1 aromatic carbocycles. The number of methoxy groups -OCH3 is 1. The number of nitrogens with two attached hydrogens (primary N) is 2. The smallest absolute Gasteiger partial charge is 0.347 e. The predicted octanol–water partition coefficient (Wildman–Crippen LogP) is -1.06. The third-order valence-corrected chi connectivity index (χ3v) is 7.24. The van der Waals surface area contributed by atoms with Gasteiger partial charge in [-0.1, -0.05) is 49.2 Å². The van der Waals surface area contributed by atoms with Gasteiger partial charge in [0.2, 0.25) is 5.60 Å². The number of carbonyl (C=O) groups is 3. The Kier molecular flexibility index (Phi) is 11.1. The van der Waals surface area contributed by atoms with Gasteiger partial charge in [0, 0.05) is 7.11 Å². The van der Waals surface area contributed by atoms with Crippen LogP contribution in [0.15, 0.2) is 47.5 Å². The molecule has 1 aliphatic heterocycles. The van der Waals surface area contributed by atoms with E-state index in [0.717, 1.165) is 6.34 Å². The van der Waals surface area contributed by atoms with E-state index in [1.54, 1.807) is 38.1 Å². The van der Waals surface area contributed by atoms with Crippen molar-refractivity contribution in [2.45, 2.75) is 69.7 Å². The molecule has 14 nitrogen and oxygen atoms in total. The molecular formula is C30H39N6O8+. The minimum atomic E-state index is -2.12. The van der Waals surface area contributed by atoms with Crippen molar-refractivity contribution in [2.75, 3.05) is 13.7 Å². The lowest BCUT2D eigenvalue weighted by atomic mass is 9.92. The van der Waals surface area contributed by atoms with Gasteiger partial charge in [0.15, 0.2) is 18.0 Å². The van der Waals surface area contributed by atoms with Crippen LogP contribution in [0.25, 0.3) is 0 Å². The Bertz CT molecular complexity index is 1430. The summed E-state index contributed by atoms with van der Waals surface area (Å²) in [5, 5.41) is 21.8. The van der Waals surface area contributed by atoms with Gasteiger partial charge in [-0.25, -0.2) is 9.79 Å². The van der Waals surface area contributed by atoms with E-state index in [0.29, 0.717) is 5.56 Å². The van der Waals surface area contributed by atoms with E-state index in [1.807, 2.05) is 12.1 Å². The van der Waals surface area contributed by atoms with Crippen molar-refractivity contribution >= 4 is 30.0 Å². The van der Waals surface area contributed by atoms with Crippen LogP contribution in [0.1, 0.15) is 44.6 Å². The zero-order valence-corrected chi connectivity index (χ0v) is 25.3. The van der Waals surface area contributed by atoms with Crippen LogP contribution in [0, 0.1) is 17.2 Å². The summed E-state index contributed by atoms with van der Waals surface area (Å²) < 4.78 is 22.2. The molecule has 2 heterocycles. The first-order valence-electron chi connectivity index (χ1n) is 13.9. The fourth-order valence-corrected chi connectivity index (χ4v) is 4.25. The number of amides is 1. The summed E-state index contributed by atoms with van der Waals surface area (Å²) in [4.78, 5) is 47.7. The van der Waals surface area contributed by atoms with Gasteiger partial charge in [-0.3, -0.25) is 9.59 Å². The highest BCUT2D eigenvalue weighted by Crippen LogP contribution is 2.41. The number of aliphatic hydroxyl groups excluding tert-OH is 1. The Morgan fingerprint density at radius 3 is 2.52 bits per heavy atom. The molecule has 0 radical (unpaired) electrons. The van der Waals surface area contributed by atoms with Crippen LogP contribution in [-0.4, -0.2) is 83.8 Å². The molecule has 1 fully saturated rings. The van der Waals surface area contributed by atoms with Crippen molar-refractivity contribution in [3.05, 3.63) is 59.4 Å². The number of H-pyrrole nitrogens is 1. The minimum absolute atomic E-state index is 0.00766. The Morgan fingerprint density at radius 1 is 1.25 bits per heavy atom. The largest absolute Gasteiger partial charge is 0.463 e. The van der Waals surface area contributed by atoms with Gasteiger partial charge in [0.1, 0.15) is 36.6 Å². The van der Waals surface area contributed by atoms with Gasteiger partial charge in [-0.05, 0) is 37.5 Å². The molecule has 1 aliphatic rings. The first-order valence-corrected chi connectivity index (χ1v) is 13.9. The Balaban J connectivity index is 1.94. The van der Waals surface area contributed by atoms with E-state index in [1.165, 1.54) is 33.1 Å². The van der Waals surface area contributed by atoms with E-state index >= 15 is 0 Å². The van der Waals surface area contributed by atoms with E-state index in [4.69, 9.17) is 30.4 Å². The third-order valence-electron chi connectivity index (χ3n) is 7.24. The van der Waals surface area contributed by atoms with Crippen molar-refractivity contribution < 1.29 is 43.4 Å². The number of carbonyl (C=O) groups excluding carboxylic acids is 3. The van der Waals surface area contributed by atoms with Gasteiger partial charge in [-0.2, -0.15) is 5.26 Å². The number of esters is 2. The van der Waals surface area contributed by atoms with Gasteiger partial charge in [0.05, 0.1) is 12.1 Å². The number of hydrogen-bond acceptors (Lipinski definition) is 10. The number of hydrogen-bond donors (Lipinski definition) is 5. The van der Waals surface area contributed by atoms with Gasteiger partial charge < -0.3 is 40.5 Å². The minimum Gasteiger partial charge on any atom is -0.463 e. The van der Waals surface area contributed by atoms with Crippen LogP contribution in [0.3, 0.4) is 0 Å². The Morgan fingerprint density at radius 2 is 1.93 bits per heavy atom. The van der Waals surface area contributed by atoms with Crippen LogP contribution in [0.4, 0.5) is 0 Å². The second-order valence-corrected chi connectivity index (χ2v) is 11.0. The van der Waals surface area contributed by atoms with Crippen molar-refractivity contribution in [1.29, 1.82) is 5.26 Å². The highest BCUT2D eigenvalue weighted by molar-refractivity contribution is 6.01. The van der Waals surface area contributed by atoms with Crippen molar-refractivity contribution in [2.24, 2.45) is 22.4 Å². The molecule has 3 rings (SSSR count). The number of benzene rings is 1. The average molecular weight is 612 g/mol. The summed E-state index contributed by atoms with van der Waals surface area (Å²) in [7, 11) is 1.37. The van der Waals surface area contributed by atoms with E-state index in [2.05, 4.69) is 15.0 Å². The molecule has 7 N–H and O–H groups in total. The maximum absolute atomic E-state index is 12.8. The first-order chi connectivity index (χ1) is 20.8. The zero-order valence-electron chi connectivity index (χ0n) is 25.3. The Hall–Kier alpha value is -4.42. The first kappa shape index (κ1) is 34.1. The molecule has 1 saturated heterocycles. The number of nitriles is 1. The summed E-state index contributed by atoms with van der Waals surface area (Å²) in [6.45, 7) is 6.08. The van der Waals surface area contributed by atoms with Crippen LogP contribution in [0.2, 0.25) is 0 Å². The van der Waals surface area contributed by atoms with Gasteiger partial charge in [0.25, 0.3) is 5.84 Å². The molecule has 236 valence electrons. The standard InChI is InChI=1S/C30H38N6O8/c1-17(2)23(33)27(39)43-24-20(14-42-22(37)13-18-9-7-6-8-10-18)44-30(15-31,25(24)38)21-12-11-19(35-21)26(34-16-32)36-28(40)29(3,4)41-5/h6-12,16-17,20,23-25,35,38H,13-14,33H2,1-5H3,(H2,32,34,36,40)/p+1/t20-,23+,24-,25-,30+/m1/s1. The summed E-state index contributed by atoms with van der Waals surface area (Å²) >= 11 is 0. The molecule has 0 aliphatic carbocycles. The number of ether oxygens (including phenoxy) is 4. The molecule has 44 heavy (non-hydrogen) atoms. The molecule has 0 spiro atoms. The van der Waals surface area contributed by atoms with Gasteiger partial charge >= 0.3 is 17.8 Å². The maximum Gasteiger partial charge on any atom is 0.347 e. The number of nitrogens with one attached hydrogen (secondary N) is 2. The number of nitrogens with zero attached hydrogens (tertiary/aromatic N) is 2. The predicted molar refractivity (Wildman–Crippen MR) is 157 cm³/mol. The number of rotatable bonds is 11. The molecule has 14 heteroatoms. The highest BCUT2D eigenvalue weighted by Gasteiger charge is 2.59. The molecule has 0 bridgehead atoms. The highest BCUT2D eigenvalue weighted by atomic mass is 16.6. The lowest BCUT2D eigenvalue weighted by Gasteiger charge is -2.25. The lowest BCUT2D eigenvalue weighted by molar-refractivity contribution is -0.309. The third kappa shape index (κ3) is 7.56. The molecule has 2 aromatic rings. The van der Waals surface area contributed by atoms with Crippen LogP contribution < -0.4 is 16.5 Å². The van der Waals surface area contributed by atoms with E-state index in [9.17, 15) is 24.8 Å². The summed E-state index contributed by atoms with van der Waals surface area (Å²) in [6, 6.07) is 12.8. The van der Waals surface area contributed by atoms with Crippen LogP contribution in [-0.2, 0) is 45.4 Å². The van der Waals surface area contributed by atoms with Crippen LogP contribution >= 0.6 is 0 Å². The summed E-state index contributed by atoms with van der Waals surface area (Å²) in [6.07, 6.45) is -3.40.